The van der Waals surface area contributed by atoms with Gasteiger partial charge in [0.2, 0.25) is 11.7 Å². The van der Waals surface area contributed by atoms with Crippen molar-refractivity contribution in [1.82, 2.24) is 4.90 Å². The van der Waals surface area contributed by atoms with E-state index in [4.69, 9.17) is 18.6 Å². The molecule has 0 aliphatic carbocycles. The monoisotopic (exact) mass is 639 g/mol. The van der Waals surface area contributed by atoms with Crippen LogP contribution in [0, 0.1) is 12.8 Å². The van der Waals surface area contributed by atoms with E-state index >= 15 is 0 Å². The van der Waals surface area contributed by atoms with Gasteiger partial charge in [0.15, 0.2) is 5.76 Å². The topological polar surface area (TPSA) is 116 Å². The van der Waals surface area contributed by atoms with Crippen LogP contribution in [0.5, 0.6) is 0 Å². The number of rotatable bonds is 16. The Hall–Kier alpha value is -4.57. The predicted octanol–water partition coefficient (Wildman–Crippen LogP) is 6.19. The lowest BCUT2D eigenvalue weighted by Gasteiger charge is -2.22. The molecule has 3 atom stereocenters. The number of aliphatic hydroxyl groups excluding tert-OH is 1. The molecule has 2 amide bonds. The number of carbonyl (C=O) groups excluding carboxylic acids is 3. The summed E-state index contributed by atoms with van der Waals surface area (Å²) >= 11 is 0. The number of ketones is 1. The molecule has 1 aliphatic heterocycles. The molecule has 2 heterocycles. The highest BCUT2D eigenvalue weighted by Crippen LogP contribution is 2.31. The van der Waals surface area contributed by atoms with Gasteiger partial charge in [-0.15, -0.1) is 0 Å². The van der Waals surface area contributed by atoms with Crippen LogP contribution in [-0.2, 0) is 38.5 Å². The van der Waals surface area contributed by atoms with Gasteiger partial charge >= 0.3 is 6.09 Å². The van der Waals surface area contributed by atoms with Crippen molar-refractivity contribution in [2.45, 2.75) is 51.9 Å². The van der Waals surface area contributed by atoms with E-state index in [9.17, 15) is 19.5 Å². The lowest BCUT2D eigenvalue weighted by molar-refractivity contribution is -0.131. The van der Waals surface area contributed by atoms with Gasteiger partial charge in [0.05, 0.1) is 25.9 Å². The van der Waals surface area contributed by atoms with E-state index in [1.807, 2.05) is 91.9 Å². The van der Waals surface area contributed by atoms with Crippen LogP contribution in [0.25, 0.3) is 11.1 Å². The molecule has 3 aromatic carbocycles. The second kappa shape index (κ2) is 16.3. The van der Waals surface area contributed by atoms with Gasteiger partial charge in [0.25, 0.3) is 0 Å². The van der Waals surface area contributed by atoms with Crippen LogP contribution in [0.2, 0.25) is 0 Å². The van der Waals surface area contributed by atoms with E-state index in [1.165, 1.54) is 6.92 Å². The van der Waals surface area contributed by atoms with Gasteiger partial charge in [0.1, 0.15) is 24.4 Å². The summed E-state index contributed by atoms with van der Waals surface area (Å²) in [6.07, 6.45) is 0.300. The second-order valence-electron chi connectivity index (χ2n) is 11.8. The molecule has 1 aromatic heterocycles. The predicted molar refractivity (Wildman–Crippen MR) is 176 cm³/mol. The Morgan fingerprint density at radius 1 is 0.979 bits per heavy atom. The molecule has 246 valence electrons. The zero-order valence-electron chi connectivity index (χ0n) is 26.8. The summed E-state index contributed by atoms with van der Waals surface area (Å²) < 4.78 is 23.0. The average molecular weight is 640 g/mol. The number of nitrogens with zero attached hydrogens (tertiary/aromatic N) is 1. The van der Waals surface area contributed by atoms with Crippen molar-refractivity contribution < 1.29 is 38.1 Å². The number of hydrogen-bond acceptors (Lipinski definition) is 8. The SMILES string of the molecule is Cc1cccc(-c2cc(C(=O)[C@@H](C)C(=O)N3C(=O)OC[C@H]3Cc3ccccc3)oc2CCCOC[C@@H](CO)OCc2ccccc2)c1. The maximum absolute atomic E-state index is 13.7. The third-order valence-electron chi connectivity index (χ3n) is 8.19. The molecule has 1 saturated heterocycles. The molecule has 1 aliphatic rings. The largest absolute Gasteiger partial charge is 0.457 e. The smallest absolute Gasteiger partial charge is 0.417 e. The normalized spacial score (nSPS) is 15.8. The average Bonchev–Trinajstić information content (AvgIpc) is 3.69. The van der Waals surface area contributed by atoms with Crippen molar-refractivity contribution in [2.75, 3.05) is 26.4 Å². The third-order valence-corrected chi connectivity index (χ3v) is 8.19. The Bertz CT molecular complexity index is 1630. The minimum absolute atomic E-state index is 0.0557. The minimum atomic E-state index is -1.15. The van der Waals surface area contributed by atoms with Gasteiger partial charge in [0, 0.05) is 18.6 Å². The lowest BCUT2D eigenvalue weighted by atomic mass is 9.98. The van der Waals surface area contributed by atoms with Crippen molar-refractivity contribution >= 4 is 17.8 Å². The molecule has 47 heavy (non-hydrogen) atoms. The van der Waals surface area contributed by atoms with E-state index in [2.05, 4.69) is 0 Å². The Morgan fingerprint density at radius 2 is 1.70 bits per heavy atom. The first-order valence-corrected chi connectivity index (χ1v) is 16.0. The molecule has 5 rings (SSSR count). The number of ether oxygens (including phenoxy) is 3. The summed E-state index contributed by atoms with van der Waals surface area (Å²) in [4.78, 5) is 40.9. The number of imide groups is 1. The Balaban J connectivity index is 1.23. The number of Topliss-reactive ketones (excluding diaryl/α,β-unsaturated/α-hetero) is 1. The summed E-state index contributed by atoms with van der Waals surface area (Å²) in [7, 11) is 0. The molecule has 1 N–H and O–H groups in total. The summed E-state index contributed by atoms with van der Waals surface area (Å²) in [5.74, 6) is -1.62. The second-order valence-corrected chi connectivity index (χ2v) is 11.8. The van der Waals surface area contributed by atoms with Crippen molar-refractivity contribution in [3.05, 3.63) is 119 Å². The Morgan fingerprint density at radius 3 is 2.40 bits per heavy atom. The highest BCUT2D eigenvalue weighted by Gasteiger charge is 2.42. The van der Waals surface area contributed by atoms with E-state index in [1.54, 1.807) is 6.07 Å². The quantitative estimate of drug-likeness (QED) is 0.0877. The Kier molecular flexibility index (Phi) is 11.7. The van der Waals surface area contributed by atoms with Crippen LogP contribution < -0.4 is 0 Å². The number of cyclic esters (lactones) is 1. The molecule has 0 radical (unpaired) electrons. The standard InChI is InChI=1S/C38H41NO8/c1-26-11-9-16-30(19-26)33-21-35(47-34(33)17-10-18-44-25-32(22-40)45-23-29-14-7-4-8-15-29)36(41)27(2)37(42)39-31(24-46-38(39)43)20-28-12-5-3-6-13-28/h3-9,11-16,19,21,27,31-32,40H,10,17-18,20,22-25H2,1-2H3/t27-,31-,32-/m1/s1. The summed E-state index contributed by atoms with van der Waals surface area (Å²) in [6, 6.07) is 28.3. The molecular formula is C38H41NO8. The summed E-state index contributed by atoms with van der Waals surface area (Å²) in [5, 5.41) is 9.72. The number of aliphatic hydroxyl groups is 1. The number of aryl methyl sites for hydroxylation is 2. The molecular weight excluding hydrogens is 598 g/mol. The lowest BCUT2D eigenvalue weighted by Crippen LogP contribution is -2.44. The van der Waals surface area contributed by atoms with E-state index < -0.39 is 35.8 Å². The molecule has 0 saturated carbocycles. The summed E-state index contributed by atoms with van der Waals surface area (Å²) in [5.41, 5.74) is 4.68. The highest BCUT2D eigenvalue weighted by molar-refractivity contribution is 6.12. The molecule has 0 unspecified atom stereocenters. The first-order chi connectivity index (χ1) is 22.8. The Labute approximate surface area is 275 Å². The zero-order chi connectivity index (χ0) is 33.2. The van der Waals surface area contributed by atoms with E-state index in [0.717, 1.165) is 32.7 Å². The van der Waals surface area contributed by atoms with Gasteiger partial charge in [-0.2, -0.15) is 0 Å². The van der Waals surface area contributed by atoms with Gasteiger partial charge < -0.3 is 23.7 Å². The fourth-order valence-electron chi connectivity index (χ4n) is 5.59. The fraction of sp³-hybridized carbons (Fsp3) is 0.342. The van der Waals surface area contributed by atoms with Crippen LogP contribution in [0.3, 0.4) is 0 Å². The molecule has 1 fully saturated rings. The highest BCUT2D eigenvalue weighted by atomic mass is 16.6. The fourth-order valence-corrected chi connectivity index (χ4v) is 5.59. The van der Waals surface area contributed by atoms with Crippen molar-refractivity contribution in [2.24, 2.45) is 5.92 Å². The zero-order valence-corrected chi connectivity index (χ0v) is 26.8. The van der Waals surface area contributed by atoms with Gasteiger partial charge in [-0.1, -0.05) is 90.5 Å². The maximum atomic E-state index is 13.7. The molecule has 9 heteroatoms. The van der Waals surface area contributed by atoms with Crippen molar-refractivity contribution in [1.29, 1.82) is 0 Å². The van der Waals surface area contributed by atoms with Crippen molar-refractivity contribution in [3.8, 4) is 11.1 Å². The first kappa shape index (κ1) is 33.8. The van der Waals surface area contributed by atoms with E-state index in [0.29, 0.717) is 38.2 Å². The molecule has 0 bridgehead atoms. The number of amides is 2. The maximum Gasteiger partial charge on any atom is 0.417 e. The van der Waals surface area contributed by atoms with Gasteiger partial charge in [-0.05, 0) is 49.4 Å². The third kappa shape index (κ3) is 8.83. The first-order valence-electron chi connectivity index (χ1n) is 16.0. The van der Waals surface area contributed by atoms with Gasteiger partial charge in [-0.3, -0.25) is 9.59 Å². The number of hydrogen-bond donors (Lipinski definition) is 1. The van der Waals surface area contributed by atoms with Crippen LogP contribution >= 0.6 is 0 Å². The van der Waals surface area contributed by atoms with Crippen LogP contribution in [0.4, 0.5) is 4.79 Å². The number of benzene rings is 3. The van der Waals surface area contributed by atoms with Crippen LogP contribution in [0.1, 0.15) is 46.3 Å². The van der Waals surface area contributed by atoms with E-state index in [-0.39, 0.29) is 25.6 Å². The minimum Gasteiger partial charge on any atom is -0.457 e. The van der Waals surface area contributed by atoms with Crippen LogP contribution in [0.15, 0.2) is 95.4 Å². The number of furan rings is 1. The molecule has 4 aromatic rings. The number of carbonyl (C=O) groups is 3. The van der Waals surface area contributed by atoms with Crippen LogP contribution in [-0.4, -0.2) is 66.4 Å². The summed E-state index contributed by atoms with van der Waals surface area (Å²) in [6.45, 7) is 4.40. The van der Waals surface area contributed by atoms with Gasteiger partial charge in [-0.25, -0.2) is 9.69 Å². The molecule has 9 nitrogen and oxygen atoms in total. The van der Waals surface area contributed by atoms with Crippen molar-refractivity contribution in [3.63, 3.8) is 0 Å². The molecule has 0 spiro atoms.